The zero-order valence-corrected chi connectivity index (χ0v) is 21.2. The van der Waals surface area contributed by atoms with Crippen LogP contribution in [0.1, 0.15) is 22.3 Å². The lowest BCUT2D eigenvalue weighted by atomic mass is 9.92. The van der Waals surface area contributed by atoms with Crippen molar-refractivity contribution in [1.29, 1.82) is 0 Å². The number of methoxy groups -OCH3 is 1. The van der Waals surface area contributed by atoms with E-state index < -0.39 is 5.97 Å². The Morgan fingerprint density at radius 1 is 1.21 bits per heavy atom. The maximum atomic E-state index is 12.9. The van der Waals surface area contributed by atoms with Gasteiger partial charge in [0.1, 0.15) is 6.33 Å². The van der Waals surface area contributed by atoms with Crippen molar-refractivity contribution >= 4 is 41.3 Å². The Balaban J connectivity index is 1.42. The largest absolute Gasteiger partial charge is 0.478 e. The first-order valence-electron chi connectivity index (χ1n) is 11.7. The van der Waals surface area contributed by atoms with Crippen molar-refractivity contribution in [1.82, 2.24) is 30.4 Å². The first-order chi connectivity index (χ1) is 18.3. The van der Waals surface area contributed by atoms with Gasteiger partial charge in [0.25, 0.3) is 0 Å². The Kier molecular flexibility index (Phi) is 8.54. The third-order valence-electron chi connectivity index (χ3n) is 6.04. The van der Waals surface area contributed by atoms with Crippen LogP contribution in [0.5, 0.6) is 0 Å². The number of benzene rings is 2. The average Bonchev–Trinajstić information content (AvgIpc) is 3.42. The summed E-state index contributed by atoms with van der Waals surface area (Å²) < 4.78 is 6.23. The number of aromatic carboxylic acids is 1. The summed E-state index contributed by atoms with van der Waals surface area (Å²) in [5, 5.41) is 27.0. The fourth-order valence-corrected chi connectivity index (χ4v) is 4.30. The molecule has 0 aliphatic carbocycles. The molecule has 0 bridgehead atoms. The van der Waals surface area contributed by atoms with Crippen LogP contribution in [0.2, 0.25) is 5.02 Å². The van der Waals surface area contributed by atoms with E-state index >= 15 is 0 Å². The molecule has 13 heteroatoms. The number of carboxylic acids is 1. The standard InChI is InChI=1S/C25H26ClN7O5/c1-38-25(37)32-13-16(14-32)10-21(12-27-20-6-2-17(3-7-20)24(35)36)29-23(34)9-4-18-11-19(26)5-8-22(18)33-15-28-30-31-33/h2-9,11,15-16,21,27H,10,12-14H2,1H3,(H,29,34)(H,35,36)/b9-4+. The second-order valence-corrected chi connectivity index (χ2v) is 9.17. The molecule has 3 N–H and O–H groups in total. The highest BCUT2D eigenvalue weighted by atomic mass is 35.5. The van der Waals surface area contributed by atoms with E-state index in [1.807, 2.05) is 0 Å². The first kappa shape index (κ1) is 26.6. The Labute approximate surface area is 223 Å². The number of nitrogens with one attached hydrogen (secondary N) is 2. The zero-order chi connectivity index (χ0) is 27.1. The summed E-state index contributed by atoms with van der Waals surface area (Å²) in [6.45, 7) is 1.48. The van der Waals surface area contributed by atoms with Crippen molar-refractivity contribution in [2.24, 2.45) is 5.92 Å². The van der Waals surface area contributed by atoms with Crippen molar-refractivity contribution in [3.05, 3.63) is 71.0 Å². The van der Waals surface area contributed by atoms with Crippen molar-refractivity contribution < 1.29 is 24.2 Å². The van der Waals surface area contributed by atoms with Crippen molar-refractivity contribution in [2.45, 2.75) is 12.5 Å². The van der Waals surface area contributed by atoms with Gasteiger partial charge in [-0.25, -0.2) is 9.59 Å². The third-order valence-corrected chi connectivity index (χ3v) is 6.27. The maximum absolute atomic E-state index is 12.9. The number of carbonyl (C=O) groups excluding carboxylic acids is 2. The van der Waals surface area contributed by atoms with Gasteiger partial charge in [0.05, 0.1) is 18.4 Å². The monoisotopic (exact) mass is 539 g/mol. The minimum atomic E-state index is -1.00. The number of carbonyl (C=O) groups is 3. The van der Waals surface area contributed by atoms with Crippen LogP contribution in [0.15, 0.2) is 54.9 Å². The minimum absolute atomic E-state index is 0.185. The summed E-state index contributed by atoms with van der Waals surface area (Å²) in [4.78, 5) is 37.3. The van der Waals surface area contributed by atoms with Gasteiger partial charge in [0.15, 0.2) is 0 Å². The summed E-state index contributed by atoms with van der Waals surface area (Å²) in [5.41, 5.74) is 2.22. The smallest absolute Gasteiger partial charge is 0.409 e. The number of halogens is 1. The van der Waals surface area contributed by atoms with E-state index in [1.54, 1.807) is 41.3 Å². The second kappa shape index (κ2) is 12.2. The molecule has 12 nitrogen and oxygen atoms in total. The highest BCUT2D eigenvalue weighted by Gasteiger charge is 2.33. The number of hydrogen-bond acceptors (Lipinski definition) is 8. The van der Waals surface area contributed by atoms with Gasteiger partial charge < -0.3 is 25.4 Å². The number of rotatable bonds is 10. The van der Waals surface area contributed by atoms with Gasteiger partial charge in [-0.15, -0.1) is 5.10 Å². The number of hydrogen-bond donors (Lipinski definition) is 3. The molecule has 198 valence electrons. The van der Waals surface area contributed by atoms with Gasteiger partial charge >= 0.3 is 12.1 Å². The molecule has 4 rings (SSSR count). The molecule has 2 heterocycles. The Bertz CT molecular complexity index is 1310. The van der Waals surface area contributed by atoms with Crippen LogP contribution in [0.3, 0.4) is 0 Å². The number of aromatic nitrogens is 4. The molecule has 1 atom stereocenters. The maximum Gasteiger partial charge on any atom is 0.409 e. The molecule has 1 saturated heterocycles. The van der Waals surface area contributed by atoms with Crippen LogP contribution in [0.25, 0.3) is 11.8 Å². The number of amides is 2. The third kappa shape index (κ3) is 6.85. The topological polar surface area (TPSA) is 152 Å². The first-order valence-corrected chi connectivity index (χ1v) is 12.1. The van der Waals surface area contributed by atoms with Crippen molar-refractivity contribution in [2.75, 3.05) is 32.1 Å². The number of ether oxygens (including phenoxy) is 1. The predicted octanol–water partition coefficient (Wildman–Crippen LogP) is 2.71. The quantitative estimate of drug-likeness (QED) is 0.330. The SMILES string of the molecule is COC(=O)N1CC(CC(CNc2ccc(C(=O)O)cc2)NC(=O)/C=C/c2cc(Cl)ccc2-n2cnnn2)C1. The van der Waals surface area contributed by atoms with Crippen LogP contribution in [0.4, 0.5) is 10.5 Å². The summed E-state index contributed by atoms with van der Waals surface area (Å²) in [6.07, 6.45) is 4.74. The van der Waals surface area contributed by atoms with E-state index in [4.69, 9.17) is 21.4 Å². The highest BCUT2D eigenvalue weighted by molar-refractivity contribution is 6.30. The van der Waals surface area contributed by atoms with E-state index in [9.17, 15) is 14.4 Å². The molecule has 2 aromatic carbocycles. The summed E-state index contributed by atoms with van der Waals surface area (Å²) in [6, 6.07) is 11.3. The number of likely N-dealkylation sites (tertiary alicyclic amines) is 1. The average molecular weight is 540 g/mol. The summed E-state index contributed by atoms with van der Waals surface area (Å²) in [5.74, 6) is -1.12. The molecule has 1 aliphatic heterocycles. The second-order valence-electron chi connectivity index (χ2n) is 8.74. The van der Waals surface area contributed by atoms with Crippen molar-refractivity contribution in [3.63, 3.8) is 0 Å². The zero-order valence-electron chi connectivity index (χ0n) is 20.5. The number of nitrogens with zero attached hydrogens (tertiary/aromatic N) is 5. The fourth-order valence-electron chi connectivity index (χ4n) is 4.12. The predicted molar refractivity (Wildman–Crippen MR) is 139 cm³/mol. The lowest BCUT2D eigenvalue weighted by Crippen LogP contribution is -2.53. The molecule has 0 saturated carbocycles. The number of tetrazole rings is 1. The molecule has 1 aromatic heterocycles. The number of carboxylic acid groups (broad SMARTS) is 1. The molecule has 0 spiro atoms. The van der Waals surface area contributed by atoms with Crippen molar-refractivity contribution in [3.8, 4) is 5.69 Å². The molecule has 0 radical (unpaired) electrons. The Morgan fingerprint density at radius 3 is 2.63 bits per heavy atom. The van der Waals surface area contributed by atoms with Gasteiger partial charge in [-0.2, -0.15) is 4.68 Å². The normalized spacial score (nSPS) is 14.1. The molecule has 2 amide bonds. The molecule has 1 aliphatic rings. The van der Waals surface area contributed by atoms with E-state index in [2.05, 4.69) is 26.2 Å². The van der Waals surface area contributed by atoms with Gasteiger partial charge in [0, 0.05) is 48.0 Å². The van der Waals surface area contributed by atoms with E-state index in [0.29, 0.717) is 42.3 Å². The van der Waals surface area contributed by atoms with Gasteiger partial charge in [-0.05, 0) is 71.3 Å². The van der Waals surface area contributed by atoms with Crippen LogP contribution < -0.4 is 10.6 Å². The Hall–Kier alpha value is -4.45. The fraction of sp³-hybridized carbons (Fsp3) is 0.280. The number of anilines is 1. The van der Waals surface area contributed by atoms with Gasteiger partial charge in [-0.3, -0.25) is 4.79 Å². The molecule has 38 heavy (non-hydrogen) atoms. The minimum Gasteiger partial charge on any atom is -0.478 e. The van der Waals surface area contributed by atoms with Gasteiger partial charge in [-0.1, -0.05) is 11.6 Å². The lowest BCUT2D eigenvalue weighted by Gasteiger charge is -2.39. The Morgan fingerprint density at radius 2 is 1.97 bits per heavy atom. The van der Waals surface area contributed by atoms with E-state index in [1.165, 1.54) is 36.3 Å². The van der Waals surface area contributed by atoms with Crippen LogP contribution in [0, 0.1) is 5.92 Å². The molecular weight excluding hydrogens is 514 g/mol. The van der Waals surface area contributed by atoms with Crippen LogP contribution in [-0.4, -0.2) is 81.0 Å². The molecule has 1 unspecified atom stereocenters. The molecule has 1 fully saturated rings. The molecule has 3 aromatic rings. The van der Waals surface area contributed by atoms with Crippen LogP contribution >= 0.6 is 11.6 Å². The van der Waals surface area contributed by atoms with Gasteiger partial charge in [0.2, 0.25) is 5.91 Å². The summed E-state index contributed by atoms with van der Waals surface area (Å²) in [7, 11) is 1.34. The van der Waals surface area contributed by atoms with E-state index in [-0.39, 0.29) is 29.5 Å². The lowest BCUT2D eigenvalue weighted by molar-refractivity contribution is -0.117. The van der Waals surface area contributed by atoms with E-state index in [0.717, 1.165) is 5.69 Å². The van der Waals surface area contributed by atoms with Crippen LogP contribution in [-0.2, 0) is 9.53 Å². The molecular formula is C25H26ClN7O5. The highest BCUT2D eigenvalue weighted by Crippen LogP contribution is 2.23. The summed E-state index contributed by atoms with van der Waals surface area (Å²) >= 11 is 6.16.